The van der Waals surface area contributed by atoms with Gasteiger partial charge in [0.1, 0.15) is 0 Å². The largest absolute Gasteiger partial charge is 0.463 e. The molecule has 0 bridgehead atoms. The zero-order valence-electron chi connectivity index (χ0n) is 13.4. The molecule has 1 heterocycles. The van der Waals surface area contributed by atoms with Crippen LogP contribution >= 0.6 is 11.3 Å². The first kappa shape index (κ1) is 15.3. The Labute approximate surface area is 135 Å². The monoisotopic (exact) mass is 314 g/mol. The van der Waals surface area contributed by atoms with Crippen LogP contribution in [0.15, 0.2) is 29.8 Å². The molecule has 3 rings (SSSR count). The Morgan fingerprint density at radius 2 is 2.05 bits per heavy atom. The topological polar surface area (TPSA) is 26.3 Å². The minimum absolute atomic E-state index is 0.131. The van der Waals surface area contributed by atoms with E-state index in [1.165, 1.54) is 26.1 Å². The van der Waals surface area contributed by atoms with E-state index in [0.717, 1.165) is 24.8 Å². The van der Waals surface area contributed by atoms with Crippen molar-refractivity contribution in [3.05, 3.63) is 40.3 Å². The molecule has 3 heteroatoms. The maximum atomic E-state index is 12.5. The second-order valence-corrected chi connectivity index (χ2v) is 6.83. The van der Waals surface area contributed by atoms with Gasteiger partial charge in [-0.2, -0.15) is 0 Å². The van der Waals surface area contributed by atoms with Crippen molar-refractivity contribution < 1.29 is 9.53 Å². The number of esters is 1. The molecule has 1 atom stereocenters. The van der Waals surface area contributed by atoms with E-state index in [1.54, 1.807) is 0 Å². The Morgan fingerprint density at radius 3 is 2.77 bits per heavy atom. The molecule has 116 valence electrons. The molecule has 1 aliphatic rings. The molecule has 1 aromatic carbocycles. The highest BCUT2D eigenvalue weighted by Crippen LogP contribution is 2.51. The van der Waals surface area contributed by atoms with Gasteiger partial charge in [-0.15, -0.1) is 11.3 Å². The fourth-order valence-electron chi connectivity index (χ4n) is 3.36. The van der Waals surface area contributed by atoms with Gasteiger partial charge in [-0.3, -0.25) is 0 Å². The summed E-state index contributed by atoms with van der Waals surface area (Å²) in [6.45, 7) is 6.64. The van der Waals surface area contributed by atoms with Gasteiger partial charge in [0, 0.05) is 21.1 Å². The normalized spacial score (nSPS) is 17.1. The smallest absolute Gasteiger partial charge is 0.334 e. The van der Waals surface area contributed by atoms with Crippen LogP contribution in [-0.2, 0) is 9.53 Å². The Hall–Kier alpha value is -1.61. The first-order valence-corrected chi connectivity index (χ1v) is 8.92. The molecule has 0 spiro atoms. The van der Waals surface area contributed by atoms with E-state index < -0.39 is 0 Å². The molecule has 1 unspecified atom stereocenters. The molecule has 2 aromatic rings. The molecule has 0 amide bonds. The Balaban J connectivity index is 2.14. The summed E-state index contributed by atoms with van der Waals surface area (Å²) in [6.07, 6.45) is 3.21. The summed E-state index contributed by atoms with van der Waals surface area (Å²) in [7, 11) is 0. The average molecular weight is 314 g/mol. The lowest BCUT2D eigenvalue weighted by molar-refractivity contribution is -0.138. The van der Waals surface area contributed by atoms with E-state index in [-0.39, 0.29) is 11.9 Å². The number of carbonyl (C=O) groups excluding carboxylic acids is 1. The summed E-state index contributed by atoms with van der Waals surface area (Å²) in [5.74, 6) is 0.00522. The summed E-state index contributed by atoms with van der Waals surface area (Å²) < 4.78 is 6.64. The van der Waals surface area contributed by atoms with Gasteiger partial charge in [0.25, 0.3) is 0 Å². The highest BCUT2D eigenvalue weighted by molar-refractivity contribution is 7.20. The van der Waals surface area contributed by atoms with E-state index >= 15 is 0 Å². The molecular formula is C19H22O2S. The summed E-state index contributed by atoms with van der Waals surface area (Å²) in [6, 6.07) is 8.51. The second-order valence-electron chi connectivity index (χ2n) is 5.78. The van der Waals surface area contributed by atoms with Crippen molar-refractivity contribution in [1.82, 2.24) is 0 Å². The first-order valence-electron chi connectivity index (χ1n) is 8.10. The van der Waals surface area contributed by atoms with Crippen molar-refractivity contribution in [3.8, 4) is 0 Å². The highest BCUT2D eigenvalue weighted by atomic mass is 32.1. The number of ether oxygens (including phenoxy) is 1. The highest BCUT2D eigenvalue weighted by Gasteiger charge is 2.35. The fourth-order valence-corrected chi connectivity index (χ4v) is 4.74. The standard InChI is InChI=1S/C19H22O2S/c1-4-6-9-14-17(19(20)21-5-2)12(3)16-13-10-7-8-11-15(13)22-18(14)16/h7-8,10-12H,4-6,9H2,1-3H3. The lowest BCUT2D eigenvalue weighted by Crippen LogP contribution is -2.11. The van der Waals surface area contributed by atoms with Crippen LogP contribution in [0.5, 0.6) is 0 Å². The van der Waals surface area contributed by atoms with Crippen LogP contribution in [0.3, 0.4) is 0 Å². The second kappa shape index (κ2) is 6.25. The van der Waals surface area contributed by atoms with Crippen LogP contribution in [0.1, 0.15) is 56.4 Å². The molecule has 1 aliphatic carbocycles. The SMILES string of the molecule is CCCCC1=C(C(=O)OCC)C(C)c2c1sc1ccccc21. The molecule has 1 aromatic heterocycles. The Kier molecular flexibility index (Phi) is 4.34. The number of fused-ring (bicyclic) bond motifs is 3. The number of thiophene rings is 1. The van der Waals surface area contributed by atoms with Crippen molar-refractivity contribution in [2.75, 3.05) is 6.61 Å². The zero-order valence-corrected chi connectivity index (χ0v) is 14.3. The third-order valence-corrected chi connectivity index (χ3v) is 5.62. The van der Waals surface area contributed by atoms with E-state index in [2.05, 4.69) is 38.1 Å². The summed E-state index contributed by atoms with van der Waals surface area (Å²) in [5, 5.41) is 1.29. The maximum Gasteiger partial charge on any atom is 0.334 e. The van der Waals surface area contributed by atoms with Gasteiger partial charge in [-0.05, 0) is 42.4 Å². The van der Waals surface area contributed by atoms with Crippen LogP contribution < -0.4 is 0 Å². The van der Waals surface area contributed by atoms with Crippen molar-refractivity contribution in [2.24, 2.45) is 0 Å². The average Bonchev–Trinajstić information content (AvgIpc) is 3.01. The molecule has 0 radical (unpaired) electrons. The van der Waals surface area contributed by atoms with Gasteiger partial charge in [-0.1, -0.05) is 38.5 Å². The van der Waals surface area contributed by atoms with Crippen molar-refractivity contribution in [3.63, 3.8) is 0 Å². The number of unbranched alkanes of at least 4 members (excludes halogenated alkanes) is 1. The Morgan fingerprint density at radius 1 is 1.27 bits per heavy atom. The number of allylic oxidation sites excluding steroid dienone is 1. The van der Waals surface area contributed by atoms with E-state index in [1.807, 2.05) is 18.3 Å². The van der Waals surface area contributed by atoms with E-state index in [4.69, 9.17) is 4.74 Å². The fraction of sp³-hybridized carbons (Fsp3) is 0.421. The van der Waals surface area contributed by atoms with Gasteiger partial charge >= 0.3 is 5.97 Å². The number of hydrogen-bond donors (Lipinski definition) is 0. The zero-order chi connectivity index (χ0) is 15.7. The summed E-state index contributed by atoms with van der Waals surface area (Å²) in [5.41, 5.74) is 3.45. The molecule has 0 aliphatic heterocycles. The molecule has 22 heavy (non-hydrogen) atoms. The van der Waals surface area contributed by atoms with E-state index in [9.17, 15) is 4.79 Å². The van der Waals surface area contributed by atoms with Crippen LogP contribution in [0.25, 0.3) is 15.7 Å². The van der Waals surface area contributed by atoms with Gasteiger partial charge in [-0.25, -0.2) is 4.79 Å². The maximum absolute atomic E-state index is 12.5. The molecule has 0 saturated heterocycles. The third-order valence-electron chi connectivity index (χ3n) is 4.37. The summed E-state index contributed by atoms with van der Waals surface area (Å²) in [4.78, 5) is 13.8. The van der Waals surface area contributed by atoms with Crippen molar-refractivity contribution >= 4 is 33.0 Å². The molecule has 0 N–H and O–H groups in total. The molecule has 0 saturated carbocycles. The van der Waals surface area contributed by atoms with Crippen LogP contribution in [-0.4, -0.2) is 12.6 Å². The molecular weight excluding hydrogens is 292 g/mol. The molecule has 0 fully saturated rings. The lowest BCUT2D eigenvalue weighted by atomic mass is 9.96. The van der Waals surface area contributed by atoms with Crippen LogP contribution in [0.4, 0.5) is 0 Å². The quantitative estimate of drug-likeness (QED) is 0.679. The predicted molar refractivity (Wildman–Crippen MR) is 93.3 cm³/mol. The van der Waals surface area contributed by atoms with Crippen LogP contribution in [0, 0.1) is 0 Å². The van der Waals surface area contributed by atoms with Crippen molar-refractivity contribution in [1.29, 1.82) is 0 Å². The van der Waals surface area contributed by atoms with Gasteiger partial charge in [0.2, 0.25) is 0 Å². The van der Waals surface area contributed by atoms with E-state index in [0.29, 0.717) is 6.61 Å². The van der Waals surface area contributed by atoms with Gasteiger partial charge in [0.05, 0.1) is 6.61 Å². The van der Waals surface area contributed by atoms with Gasteiger partial charge in [0.15, 0.2) is 0 Å². The predicted octanol–water partition coefficient (Wildman–Crippen LogP) is 5.53. The Bertz CT molecular complexity index is 739. The van der Waals surface area contributed by atoms with Crippen LogP contribution in [0.2, 0.25) is 0 Å². The molecule has 2 nitrogen and oxygen atoms in total. The third kappa shape index (κ3) is 2.38. The van der Waals surface area contributed by atoms with Gasteiger partial charge < -0.3 is 4.74 Å². The number of benzene rings is 1. The first-order chi connectivity index (χ1) is 10.7. The lowest BCUT2D eigenvalue weighted by Gasteiger charge is -2.12. The number of carbonyl (C=O) groups is 1. The minimum atomic E-state index is -0.131. The minimum Gasteiger partial charge on any atom is -0.463 e. The number of hydrogen-bond acceptors (Lipinski definition) is 3. The van der Waals surface area contributed by atoms with Crippen molar-refractivity contribution in [2.45, 2.75) is 46.0 Å². The number of rotatable bonds is 5. The summed E-state index contributed by atoms with van der Waals surface area (Å²) >= 11 is 1.82.